The summed E-state index contributed by atoms with van der Waals surface area (Å²) in [5.41, 5.74) is -1.57. The Balaban J connectivity index is 3.35. The highest BCUT2D eigenvalue weighted by molar-refractivity contribution is 7.89. The van der Waals surface area contributed by atoms with Crippen LogP contribution in [0.1, 0.15) is 20.3 Å². The zero-order valence-electron chi connectivity index (χ0n) is 11.7. The van der Waals surface area contributed by atoms with Crippen molar-refractivity contribution in [2.24, 2.45) is 14.1 Å². The average Bonchev–Trinajstić information content (AvgIpc) is 2.38. The van der Waals surface area contributed by atoms with E-state index >= 15 is 0 Å². The van der Waals surface area contributed by atoms with Gasteiger partial charge in [-0.1, -0.05) is 6.92 Å². The second-order valence-corrected chi connectivity index (χ2v) is 6.10. The van der Waals surface area contributed by atoms with Gasteiger partial charge in [-0.25, -0.2) is 17.9 Å². The minimum absolute atomic E-state index is 0.176. The number of Topliss-reactive ketones (excluding diaryl/α,β-unsaturated/α-hetero) is 1. The van der Waals surface area contributed by atoms with Crippen LogP contribution < -0.4 is 16.0 Å². The summed E-state index contributed by atoms with van der Waals surface area (Å²) in [4.78, 5) is 34.2. The van der Waals surface area contributed by atoms with Gasteiger partial charge in [-0.3, -0.25) is 14.2 Å². The van der Waals surface area contributed by atoms with Gasteiger partial charge in [0, 0.05) is 26.7 Å². The lowest BCUT2D eigenvalue weighted by molar-refractivity contribution is -0.119. The van der Waals surface area contributed by atoms with Gasteiger partial charge < -0.3 is 4.57 Å². The number of nitrogens with one attached hydrogen (secondary N) is 1. The summed E-state index contributed by atoms with van der Waals surface area (Å²) in [6.07, 6.45) is 1.12. The molecule has 0 spiro atoms. The van der Waals surface area contributed by atoms with Gasteiger partial charge in [0.05, 0.1) is 6.04 Å². The normalized spacial score (nSPS) is 13.2. The summed E-state index contributed by atoms with van der Waals surface area (Å²) in [5, 5.41) is 0. The maximum Gasteiger partial charge on any atom is 0.330 e. The average molecular weight is 303 g/mol. The molecule has 0 saturated carbocycles. The molecule has 20 heavy (non-hydrogen) atoms. The number of sulfonamides is 1. The molecule has 1 rings (SSSR count). The summed E-state index contributed by atoms with van der Waals surface area (Å²) in [6.45, 7) is 3.01. The van der Waals surface area contributed by atoms with Crippen molar-refractivity contribution in [1.29, 1.82) is 0 Å². The van der Waals surface area contributed by atoms with E-state index in [1.165, 1.54) is 21.0 Å². The second kappa shape index (κ2) is 5.71. The predicted molar refractivity (Wildman–Crippen MR) is 72.0 cm³/mol. The fourth-order valence-electron chi connectivity index (χ4n) is 1.63. The van der Waals surface area contributed by atoms with Crippen molar-refractivity contribution in [3.05, 3.63) is 27.0 Å². The molecule has 112 valence electrons. The molecule has 1 atom stereocenters. The van der Waals surface area contributed by atoms with Gasteiger partial charge in [0.15, 0.2) is 4.90 Å². The zero-order valence-corrected chi connectivity index (χ0v) is 12.5. The molecule has 0 radical (unpaired) electrons. The van der Waals surface area contributed by atoms with Crippen molar-refractivity contribution in [2.75, 3.05) is 0 Å². The summed E-state index contributed by atoms with van der Waals surface area (Å²) in [7, 11) is -1.65. The number of nitrogens with zero attached hydrogens (tertiary/aromatic N) is 2. The number of carbonyl (C=O) groups is 1. The Morgan fingerprint density at radius 3 is 2.40 bits per heavy atom. The van der Waals surface area contributed by atoms with Crippen LogP contribution in [0.3, 0.4) is 0 Å². The maximum atomic E-state index is 12.1. The van der Waals surface area contributed by atoms with E-state index in [4.69, 9.17) is 0 Å². The van der Waals surface area contributed by atoms with E-state index in [1.807, 2.05) is 0 Å². The van der Waals surface area contributed by atoms with E-state index in [9.17, 15) is 22.8 Å². The van der Waals surface area contributed by atoms with Gasteiger partial charge >= 0.3 is 5.69 Å². The molecular formula is C11H17N3O5S. The molecule has 1 unspecified atom stereocenters. The first kappa shape index (κ1) is 16.3. The van der Waals surface area contributed by atoms with Crippen LogP contribution in [0, 0.1) is 0 Å². The molecule has 1 aromatic heterocycles. The van der Waals surface area contributed by atoms with Gasteiger partial charge in [0.25, 0.3) is 5.56 Å². The van der Waals surface area contributed by atoms with Crippen LogP contribution in [0.15, 0.2) is 20.7 Å². The topological polar surface area (TPSA) is 107 Å². The number of hydrogen-bond donors (Lipinski definition) is 1. The second-order valence-electron chi connectivity index (χ2n) is 4.41. The smallest absolute Gasteiger partial charge is 0.302 e. The quantitative estimate of drug-likeness (QED) is 0.730. The number of hydrogen-bond acceptors (Lipinski definition) is 5. The highest BCUT2D eigenvalue weighted by Crippen LogP contribution is 2.03. The first-order valence-corrected chi connectivity index (χ1v) is 7.41. The fraction of sp³-hybridized carbons (Fsp3) is 0.545. The standard InChI is InChI=1S/C11H17N3O5S/c1-5-8(15)7(2)12-20(18,19)9-6-13(3)11(17)14(4)10(9)16/h6-7,12H,5H2,1-4H3. The molecule has 9 heteroatoms. The lowest BCUT2D eigenvalue weighted by Crippen LogP contribution is -2.44. The number of rotatable bonds is 5. The first-order chi connectivity index (χ1) is 9.11. The third-order valence-electron chi connectivity index (χ3n) is 2.87. The molecule has 0 aromatic carbocycles. The van der Waals surface area contributed by atoms with Crippen LogP contribution >= 0.6 is 0 Å². The molecule has 1 aromatic rings. The molecule has 1 N–H and O–H groups in total. The van der Waals surface area contributed by atoms with Crippen LogP contribution in [0.25, 0.3) is 0 Å². The Bertz CT molecular complexity index is 744. The van der Waals surface area contributed by atoms with Crippen LogP contribution in [0.5, 0.6) is 0 Å². The summed E-state index contributed by atoms with van der Waals surface area (Å²) < 4.78 is 28.0. The lowest BCUT2D eigenvalue weighted by Gasteiger charge is -2.13. The summed E-state index contributed by atoms with van der Waals surface area (Å²) in [5.74, 6) is -0.296. The van der Waals surface area contributed by atoms with Crippen LogP contribution in [0.4, 0.5) is 0 Å². The Kier molecular flexibility index (Phi) is 4.66. The van der Waals surface area contributed by atoms with Gasteiger partial charge in [-0.15, -0.1) is 0 Å². The number of aromatic nitrogens is 2. The molecular weight excluding hydrogens is 286 g/mol. The molecule has 0 aliphatic carbocycles. The molecule has 8 nitrogen and oxygen atoms in total. The van der Waals surface area contributed by atoms with Crippen LogP contribution in [-0.2, 0) is 28.9 Å². The Hall–Kier alpha value is -1.74. The van der Waals surface area contributed by atoms with Gasteiger partial charge in [-0.05, 0) is 6.92 Å². The SMILES string of the molecule is CCC(=O)C(C)NS(=O)(=O)c1cn(C)c(=O)n(C)c1=O. The van der Waals surface area contributed by atoms with E-state index in [1.54, 1.807) is 6.92 Å². The van der Waals surface area contributed by atoms with Crippen molar-refractivity contribution in [1.82, 2.24) is 13.9 Å². The number of carbonyl (C=O) groups excluding carboxylic acids is 1. The monoisotopic (exact) mass is 303 g/mol. The zero-order chi connectivity index (χ0) is 15.7. The van der Waals surface area contributed by atoms with Gasteiger partial charge in [-0.2, -0.15) is 0 Å². The molecule has 1 heterocycles. The van der Waals surface area contributed by atoms with Crippen molar-refractivity contribution >= 4 is 15.8 Å². The molecule has 0 aliphatic heterocycles. The van der Waals surface area contributed by atoms with E-state index in [-0.39, 0.29) is 12.2 Å². The van der Waals surface area contributed by atoms with Crippen molar-refractivity contribution in [3.63, 3.8) is 0 Å². The Morgan fingerprint density at radius 2 is 1.90 bits per heavy atom. The largest absolute Gasteiger partial charge is 0.330 e. The van der Waals surface area contributed by atoms with Crippen LogP contribution in [-0.4, -0.2) is 29.4 Å². The van der Waals surface area contributed by atoms with E-state index in [0.29, 0.717) is 4.57 Å². The van der Waals surface area contributed by atoms with Gasteiger partial charge in [0.1, 0.15) is 5.78 Å². The number of aryl methyl sites for hydroxylation is 1. The molecule has 0 amide bonds. The van der Waals surface area contributed by atoms with Crippen molar-refractivity contribution in [2.45, 2.75) is 31.2 Å². The Morgan fingerprint density at radius 1 is 1.35 bits per heavy atom. The predicted octanol–water partition coefficient (Wildman–Crippen LogP) is -1.27. The third kappa shape index (κ3) is 3.05. The minimum Gasteiger partial charge on any atom is -0.302 e. The highest BCUT2D eigenvalue weighted by Gasteiger charge is 2.25. The fourth-order valence-corrected chi connectivity index (χ4v) is 3.02. The number of ketones is 1. The highest BCUT2D eigenvalue weighted by atomic mass is 32.2. The lowest BCUT2D eigenvalue weighted by atomic mass is 10.2. The molecule has 0 bridgehead atoms. The molecule has 0 fully saturated rings. The van der Waals surface area contributed by atoms with E-state index < -0.39 is 32.2 Å². The maximum absolute atomic E-state index is 12.1. The summed E-state index contributed by atoms with van der Waals surface area (Å²) in [6, 6.07) is -0.938. The Labute approximate surface area is 116 Å². The summed E-state index contributed by atoms with van der Waals surface area (Å²) >= 11 is 0. The minimum atomic E-state index is -4.17. The van der Waals surface area contributed by atoms with Crippen molar-refractivity contribution < 1.29 is 13.2 Å². The molecule has 0 aliphatic rings. The first-order valence-electron chi connectivity index (χ1n) is 5.93. The third-order valence-corrected chi connectivity index (χ3v) is 4.39. The van der Waals surface area contributed by atoms with Crippen molar-refractivity contribution in [3.8, 4) is 0 Å². The van der Waals surface area contributed by atoms with E-state index in [0.717, 1.165) is 10.8 Å². The van der Waals surface area contributed by atoms with Crippen LogP contribution in [0.2, 0.25) is 0 Å². The van der Waals surface area contributed by atoms with E-state index in [2.05, 4.69) is 4.72 Å². The molecule has 0 saturated heterocycles. The van der Waals surface area contributed by atoms with Gasteiger partial charge in [0.2, 0.25) is 10.0 Å².